The van der Waals surface area contributed by atoms with E-state index in [-0.39, 0.29) is 11.7 Å². The molecule has 0 aliphatic carbocycles. The van der Waals surface area contributed by atoms with Crippen LogP contribution in [-0.4, -0.2) is 26.6 Å². The molecule has 1 amide bonds. The zero-order valence-corrected chi connectivity index (χ0v) is 14.4. The fraction of sp³-hybridized carbons (Fsp3) is 0.353. The highest BCUT2D eigenvalue weighted by Gasteiger charge is 2.23. The van der Waals surface area contributed by atoms with E-state index in [0.29, 0.717) is 30.7 Å². The molecule has 0 saturated heterocycles. The highest BCUT2D eigenvalue weighted by molar-refractivity contribution is 7.91. The van der Waals surface area contributed by atoms with E-state index in [1.807, 2.05) is 29.6 Å². The Labute approximate surface area is 140 Å². The van der Waals surface area contributed by atoms with Gasteiger partial charge in [-0.2, -0.15) is 0 Å². The molecule has 0 fully saturated rings. The summed E-state index contributed by atoms with van der Waals surface area (Å²) in [5.41, 5.74) is 1.98. The minimum absolute atomic E-state index is 0.0213. The van der Waals surface area contributed by atoms with Crippen molar-refractivity contribution >= 4 is 27.1 Å². The predicted octanol–water partition coefficient (Wildman–Crippen LogP) is 2.37. The van der Waals surface area contributed by atoms with E-state index in [0.717, 1.165) is 22.4 Å². The van der Waals surface area contributed by atoms with Crippen LogP contribution in [0.25, 0.3) is 0 Å². The molecule has 1 aliphatic heterocycles. The second kappa shape index (κ2) is 6.84. The van der Waals surface area contributed by atoms with Crippen LogP contribution in [0.4, 0.5) is 0 Å². The zero-order chi connectivity index (χ0) is 16.3. The summed E-state index contributed by atoms with van der Waals surface area (Å²) < 4.78 is 24.0. The largest absolute Gasteiger partial charge is 0.355 e. The first kappa shape index (κ1) is 16.2. The van der Waals surface area contributed by atoms with Crippen molar-refractivity contribution in [2.24, 2.45) is 0 Å². The van der Waals surface area contributed by atoms with Gasteiger partial charge >= 0.3 is 0 Å². The molecular formula is C17H19NO3S2. The number of thiophene rings is 1. The van der Waals surface area contributed by atoms with Gasteiger partial charge < -0.3 is 5.32 Å². The third kappa shape index (κ3) is 4.00. The molecule has 2 aromatic rings. The molecule has 0 spiro atoms. The Bertz CT molecular complexity index is 795. The lowest BCUT2D eigenvalue weighted by Gasteiger charge is -2.17. The molecular weight excluding hydrogens is 330 g/mol. The Balaban J connectivity index is 1.56. The first-order valence-electron chi connectivity index (χ1n) is 7.68. The fourth-order valence-corrected chi connectivity index (χ4v) is 5.11. The van der Waals surface area contributed by atoms with Gasteiger partial charge in [0.25, 0.3) is 0 Å². The van der Waals surface area contributed by atoms with E-state index in [1.165, 1.54) is 0 Å². The summed E-state index contributed by atoms with van der Waals surface area (Å²) >= 11 is 1.58. The molecule has 0 radical (unpaired) electrons. The van der Waals surface area contributed by atoms with Crippen LogP contribution in [0.3, 0.4) is 0 Å². The van der Waals surface area contributed by atoms with Crippen LogP contribution >= 0.6 is 11.3 Å². The molecule has 0 saturated carbocycles. The van der Waals surface area contributed by atoms with Crippen molar-refractivity contribution < 1.29 is 13.2 Å². The highest BCUT2D eigenvalue weighted by Crippen LogP contribution is 2.25. The van der Waals surface area contributed by atoms with Crippen molar-refractivity contribution in [3.63, 3.8) is 0 Å². The van der Waals surface area contributed by atoms with Crippen LogP contribution in [0.2, 0.25) is 0 Å². The topological polar surface area (TPSA) is 63.2 Å². The number of aryl methyl sites for hydroxylation is 1. The smallest absolute Gasteiger partial charge is 0.225 e. The lowest BCUT2D eigenvalue weighted by molar-refractivity contribution is -0.120. The predicted molar refractivity (Wildman–Crippen MR) is 91.6 cm³/mol. The summed E-state index contributed by atoms with van der Waals surface area (Å²) in [6.45, 7) is 0.565. The molecule has 2 heterocycles. The van der Waals surface area contributed by atoms with Crippen molar-refractivity contribution in [1.82, 2.24) is 5.32 Å². The molecule has 1 N–H and O–H groups in total. The summed E-state index contributed by atoms with van der Waals surface area (Å²) in [5, 5.41) is 4.88. The van der Waals surface area contributed by atoms with Crippen molar-refractivity contribution in [2.45, 2.75) is 30.6 Å². The molecule has 6 heteroatoms. The maximum atomic E-state index is 12.0. The van der Waals surface area contributed by atoms with Crippen LogP contribution in [0.5, 0.6) is 0 Å². The highest BCUT2D eigenvalue weighted by atomic mass is 32.2. The van der Waals surface area contributed by atoms with Gasteiger partial charge in [-0.1, -0.05) is 18.2 Å². The maximum absolute atomic E-state index is 12.0. The zero-order valence-electron chi connectivity index (χ0n) is 12.7. The number of hydrogen-bond acceptors (Lipinski definition) is 4. The average Bonchev–Trinajstić information content (AvgIpc) is 2.99. The SMILES string of the molecule is O=C(Cc1cccs1)NCCc1ccc2c(c1)CCCS2(=O)=O. The quantitative estimate of drug-likeness (QED) is 0.901. The normalized spacial score (nSPS) is 15.8. The number of benzene rings is 1. The molecule has 4 nitrogen and oxygen atoms in total. The maximum Gasteiger partial charge on any atom is 0.225 e. The van der Waals surface area contributed by atoms with Gasteiger partial charge in [0, 0.05) is 11.4 Å². The van der Waals surface area contributed by atoms with Crippen molar-refractivity contribution in [3.8, 4) is 0 Å². The van der Waals surface area contributed by atoms with Gasteiger partial charge in [0.2, 0.25) is 5.91 Å². The van der Waals surface area contributed by atoms with Gasteiger partial charge in [-0.3, -0.25) is 4.79 Å². The van der Waals surface area contributed by atoms with Crippen LogP contribution in [0.1, 0.15) is 22.4 Å². The standard InChI is InChI=1S/C17H19NO3S2/c19-17(12-15-4-1-9-22-15)18-8-7-13-5-6-16-14(11-13)3-2-10-23(16,20)21/h1,4-6,9,11H,2-3,7-8,10,12H2,(H,18,19). The number of fused-ring (bicyclic) bond motifs is 1. The number of sulfone groups is 1. The van der Waals surface area contributed by atoms with Gasteiger partial charge in [0.1, 0.15) is 0 Å². The summed E-state index contributed by atoms with van der Waals surface area (Å²) in [7, 11) is -3.09. The first-order chi connectivity index (χ1) is 11.0. The molecule has 1 aliphatic rings. The first-order valence-corrected chi connectivity index (χ1v) is 10.2. The lowest BCUT2D eigenvalue weighted by Crippen LogP contribution is -2.27. The van der Waals surface area contributed by atoms with Gasteiger partial charge in [-0.15, -0.1) is 11.3 Å². The molecule has 0 bridgehead atoms. The van der Waals surface area contributed by atoms with Crippen molar-refractivity contribution in [3.05, 3.63) is 51.7 Å². The van der Waals surface area contributed by atoms with Gasteiger partial charge in [0.15, 0.2) is 9.84 Å². The number of amides is 1. The van der Waals surface area contributed by atoms with Crippen LogP contribution in [-0.2, 0) is 33.9 Å². The Hall–Kier alpha value is -1.66. The molecule has 0 atom stereocenters. The number of nitrogens with one attached hydrogen (secondary N) is 1. The number of carbonyl (C=O) groups excluding carboxylic acids is 1. The van der Waals surface area contributed by atoms with Gasteiger partial charge in [-0.25, -0.2) is 8.42 Å². The van der Waals surface area contributed by atoms with Gasteiger partial charge in [-0.05, 0) is 47.9 Å². The molecule has 23 heavy (non-hydrogen) atoms. The number of rotatable bonds is 5. The second-order valence-electron chi connectivity index (χ2n) is 5.72. The van der Waals surface area contributed by atoms with Crippen molar-refractivity contribution in [1.29, 1.82) is 0 Å². The minimum Gasteiger partial charge on any atom is -0.355 e. The van der Waals surface area contributed by atoms with E-state index in [4.69, 9.17) is 0 Å². The molecule has 1 aromatic carbocycles. The average molecular weight is 349 g/mol. The third-order valence-corrected chi connectivity index (χ3v) is 6.74. The van der Waals surface area contributed by atoms with Crippen LogP contribution in [0.15, 0.2) is 40.6 Å². The number of carbonyl (C=O) groups is 1. The fourth-order valence-electron chi connectivity index (χ4n) is 2.83. The summed E-state index contributed by atoms with van der Waals surface area (Å²) in [4.78, 5) is 13.4. The second-order valence-corrected chi connectivity index (χ2v) is 8.83. The van der Waals surface area contributed by atoms with Crippen molar-refractivity contribution in [2.75, 3.05) is 12.3 Å². The van der Waals surface area contributed by atoms with E-state index in [9.17, 15) is 13.2 Å². The Morgan fingerprint density at radius 1 is 1.26 bits per heavy atom. The Morgan fingerprint density at radius 2 is 2.13 bits per heavy atom. The van der Waals surface area contributed by atoms with Crippen LogP contribution in [0, 0.1) is 0 Å². The van der Waals surface area contributed by atoms with Crippen LogP contribution < -0.4 is 5.32 Å². The van der Waals surface area contributed by atoms with E-state index >= 15 is 0 Å². The summed E-state index contributed by atoms with van der Waals surface area (Å²) in [6, 6.07) is 9.43. The third-order valence-electron chi connectivity index (χ3n) is 3.97. The summed E-state index contributed by atoms with van der Waals surface area (Å²) in [6.07, 6.45) is 2.63. The monoisotopic (exact) mass is 349 g/mol. The minimum atomic E-state index is -3.09. The van der Waals surface area contributed by atoms with E-state index < -0.39 is 9.84 Å². The van der Waals surface area contributed by atoms with Gasteiger partial charge in [0.05, 0.1) is 17.1 Å². The summed E-state index contributed by atoms with van der Waals surface area (Å²) in [5.74, 6) is 0.269. The number of hydrogen-bond donors (Lipinski definition) is 1. The molecule has 1 aromatic heterocycles. The molecule has 0 unspecified atom stereocenters. The molecule has 122 valence electrons. The van der Waals surface area contributed by atoms with E-state index in [2.05, 4.69) is 5.32 Å². The van der Waals surface area contributed by atoms with E-state index in [1.54, 1.807) is 17.4 Å². The Kier molecular flexibility index (Phi) is 4.82. The lowest BCUT2D eigenvalue weighted by atomic mass is 10.0. The Morgan fingerprint density at radius 3 is 2.91 bits per heavy atom. The molecule has 3 rings (SSSR count).